The van der Waals surface area contributed by atoms with Crippen molar-refractivity contribution < 1.29 is 24.2 Å². The molecule has 0 aliphatic heterocycles. The van der Waals surface area contributed by atoms with E-state index in [1.165, 1.54) is 23.0 Å². The highest BCUT2D eigenvalue weighted by atomic mass is 35.5. The molecule has 9 heteroatoms. The van der Waals surface area contributed by atoms with E-state index in [0.717, 1.165) is 0 Å². The molecular weight excluding hydrogens is 359 g/mol. The van der Waals surface area contributed by atoms with Gasteiger partial charge in [-0.05, 0) is 25.1 Å². The van der Waals surface area contributed by atoms with Crippen LogP contribution in [0, 0.1) is 0 Å². The molecule has 2 aromatic rings. The molecule has 7 nitrogen and oxygen atoms in total. The Hall–Kier alpha value is -2.09. The Kier molecular flexibility index (Phi) is 6.19. The summed E-state index contributed by atoms with van der Waals surface area (Å²) < 4.78 is 11.7. The second-order valence-electron chi connectivity index (χ2n) is 4.59. The van der Waals surface area contributed by atoms with E-state index in [1.54, 1.807) is 6.07 Å². The number of benzene rings is 1. The zero-order valence-corrected chi connectivity index (χ0v) is 14.2. The van der Waals surface area contributed by atoms with Gasteiger partial charge in [0.15, 0.2) is 6.61 Å². The Labute approximate surface area is 147 Å². The number of aliphatic carboxylic acids is 1. The minimum Gasteiger partial charge on any atom is -0.480 e. The van der Waals surface area contributed by atoms with Gasteiger partial charge in [0.25, 0.3) is 0 Å². The molecule has 0 bridgehead atoms. The molecule has 0 amide bonds. The Morgan fingerprint density at radius 2 is 2.00 bits per heavy atom. The Bertz CT molecular complexity index is 760. The maximum atomic E-state index is 12.6. The average molecular weight is 373 g/mol. The number of hydrogen-bond acceptors (Lipinski definition) is 5. The van der Waals surface area contributed by atoms with Crippen LogP contribution in [0.15, 0.2) is 24.4 Å². The zero-order valence-electron chi connectivity index (χ0n) is 12.7. The van der Waals surface area contributed by atoms with Crippen molar-refractivity contribution in [3.8, 4) is 5.75 Å². The van der Waals surface area contributed by atoms with Gasteiger partial charge in [-0.25, -0.2) is 9.48 Å². The van der Waals surface area contributed by atoms with Crippen LogP contribution in [0.25, 0.3) is 0 Å². The van der Waals surface area contributed by atoms with Crippen LogP contribution in [-0.2, 0) is 16.3 Å². The highest BCUT2D eigenvalue weighted by Crippen LogP contribution is 2.35. The van der Waals surface area contributed by atoms with Crippen LogP contribution in [0.4, 0.5) is 0 Å². The normalized spacial score (nSPS) is 10.6. The van der Waals surface area contributed by atoms with Crippen molar-refractivity contribution in [2.75, 3.05) is 13.2 Å². The monoisotopic (exact) mass is 372 g/mol. The standard InChI is InChI=1S/C15H14Cl2N2O5/c1-2-23-8-19-10(5-6-18-19)15(22)9-3-4-11(14(17)13(9)16)24-7-12(20)21/h3-6H,2,7-8H2,1H3,(H,20,21). The van der Waals surface area contributed by atoms with Crippen LogP contribution in [-0.4, -0.2) is 39.9 Å². The summed E-state index contributed by atoms with van der Waals surface area (Å²) in [7, 11) is 0. The maximum Gasteiger partial charge on any atom is 0.341 e. The maximum absolute atomic E-state index is 12.6. The van der Waals surface area contributed by atoms with E-state index in [4.69, 9.17) is 37.8 Å². The third kappa shape index (κ3) is 4.05. The van der Waals surface area contributed by atoms with Gasteiger partial charge < -0.3 is 14.6 Å². The lowest BCUT2D eigenvalue weighted by molar-refractivity contribution is -0.139. The number of halogens is 2. The van der Waals surface area contributed by atoms with E-state index < -0.39 is 12.6 Å². The molecule has 1 aromatic heterocycles. The van der Waals surface area contributed by atoms with Crippen molar-refractivity contribution in [3.05, 3.63) is 45.7 Å². The number of carbonyl (C=O) groups excluding carboxylic acids is 1. The molecule has 0 saturated heterocycles. The molecule has 2 rings (SSSR count). The second kappa shape index (κ2) is 8.14. The molecule has 1 N–H and O–H groups in total. The summed E-state index contributed by atoms with van der Waals surface area (Å²) in [5.74, 6) is -1.45. The summed E-state index contributed by atoms with van der Waals surface area (Å²) in [4.78, 5) is 23.2. The number of nitrogens with zero attached hydrogens (tertiary/aromatic N) is 2. The van der Waals surface area contributed by atoms with Crippen molar-refractivity contribution in [2.24, 2.45) is 0 Å². The minimum atomic E-state index is -1.15. The third-order valence-corrected chi connectivity index (χ3v) is 3.87. The van der Waals surface area contributed by atoms with Gasteiger partial charge in [-0.3, -0.25) is 4.79 Å². The number of hydrogen-bond donors (Lipinski definition) is 1. The van der Waals surface area contributed by atoms with Crippen LogP contribution >= 0.6 is 23.2 Å². The molecule has 1 aromatic carbocycles. The van der Waals surface area contributed by atoms with Crippen molar-refractivity contribution in [1.29, 1.82) is 0 Å². The third-order valence-electron chi connectivity index (χ3n) is 3.01. The lowest BCUT2D eigenvalue weighted by atomic mass is 10.1. The molecule has 128 valence electrons. The number of carboxylic acids is 1. The number of rotatable bonds is 8. The van der Waals surface area contributed by atoms with Crippen LogP contribution in [0.1, 0.15) is 23.0 Å². The number of aromatic nitrogens is 2. The first-order chi connectivity index (χ1) is 11.5. The zero-order chi connectivity index (χ0) is 17.7. The molecule has 0 aliphatic rings. The van der Waals surface area contributed by atoms with Crippen molar-refractivity contribution in [1.82, 2.24) is 9.78 Å². The summed E-state index contributed by atoms with van der Waals surface area (Å²) in [6, 6.07) is 4.36. The predicted molar refractivity (Wildman–Crippen MR) is 86.9 cm³/mol. The van der Waals surface area contributed by atoms with Crippen LogP contribution < -0.4 is 4.74 Å². The first-order valence-corrected chi connectivity index (χ1v) is 7.68. The summed E-state index contributed by atoms with van der Waals surface area (Å²) >= 11 is 12.2. The van der Waals surface area contributed by atoms with Crippen molar-refractivity contribution in [3.63, 3.8) is 0 Å². The fourth-order valence-electron chi connectivity index (χ4n) is 1.90. The first-order valence-electron chi connectivity index (χ1n) is 6.92. The molecule has 0 fully saturated rings. The van der Waals surface area contributed by atoms with Crippen LogP contribution in [0.5, 0.6) is 5.75 Å². The first kappa shape index (κ1) is 18.3. The molecular formula is C15H14Cl2N2O5. The number of ether oxygens (including phenoxy) is 2. The van der Waals surface area contributed by atoms with Gasteiger partial charge >= 0.3 is 5.97 Å². The van der Waals surface area contributed by atoms with Gasteiger partial charge in [0.1, 0.15) is 23.2 Å². The number of carbonyl (C=O) groups is 2. The molecule has 24 heavy (non-hydrogen) atoms. The molecule has 0 aliphatic carbocycles. The van der Waals surface area contributed by atoms with Gasteiger partial charge in [0.2, 0.25) is 5.78 Å². The van der Waals surface area contributed by atoms with E-state index >= 15 is 0 Å². The van der Waals surface area contributed by atoms with Crippen molar-refractivity contribution in [2.45, 2.75) is 13.7 Å². The number of ketones is 1. The van der Waals surface area contributed by atoms with E-state index in [1.807, 2.05) is 6.92 Å². The summed E-state index contributed by atoms with van der Waals surface area (Å²) in [6.45, 7) is 1.88. The molecule has 1 heterocycles. The highest BCUT2D eigenvalue weighted by molar-refractivity contribution is 6.45. The lowest BCUT2D eigenvalue weighted by Gasteiger charge is -2.11. The van der Waals surface area contributed by atoms with Gasteiger partial charge in [-0.15, -0.1) is 0 Å². The summed E-state index contributed by atoms with van der Waals surface area (Å²) in [6.07, 6.45) is 1.48. The van der Waals surface area contributed by atoms with E-state index in [0.29, 0.717) is 12.3 Å². The molecule has 0 atom stereocenters. The average Bonchev–Trinajstić information content (AvgIpc) is 3.02. The lowest BCUT2D eigenvalue weighted by Crippen LogP contribution is -2.14. The quantitative estimate of drug-likeness (QED) is 0.716. The Morgan fingerprint density at radius 3 is 2.67 bits per heavy atom. The Morgan fingerprint density at radius 1 is 1.25 bits per heavy atom. The molecule has 0 unspecified atom stereocenters. The topological polar surface area (TPSA) is 90.7 Å². The Balaban J connectivity index is 2.29. The second-order valence-corrected chi connectivity index (χ2v) is 5.34. The highest BCUT2D eigenvalue weighted by Gasteiger charge is 2.21. The van der Waals surface area contributed by atoms with E-state index in [9.17, 15) is 9.59 Å². The SMILES string of the molecule is CCOCn1nccc1C(=O)c1ccc(OCC(=O)O)c(Cl)c1Cl. The van der Waals surface area contributed by atoms with Crippen LogP contribution in [0.2, 0.25) is 10.0 Å². The van der Waals surface area contributed by atoms with Gasteiger partial charge in [-0.2, -0.15) is 5.10 Å². The number of carboxylic acid groups (broad SMARTS) is 1. The smallest absolute Gasteiger partial charge is 0.341 e. The fourth-order valence-corrected chi connectivity index (χ4v) is 2.36. The molecule has 0 saturated carbocycles. The van der Waals surface area contributed by atoms with E-state index in [-0.39, 0.29) is 33.9 Å². The van der Waals surface area contributed by atoms with Gasteiger partial charge in [0, 0.05) is 18.4 Å². The molecule has 0 radical (unpaired) electrons. The predicted octanol–water partition coefficient (Wildman–Crippen LogP) is 2.88. The minimum absolute atomic E-state index is 0.0197. The summed E-state index contributed by atoms with van der Waals surface area (Å²) in [5.41, 5.74) is 0.447. The molecule has 0 spiro atoms. The van der Waals surface area contributed by atoms with Crippen LogP contribution in [0.3, 0.4) is 0 Å². The fraction of sp³-hybridized carbons (Fsp3) is 0.267. The largest absolute Gasteiger partial charge is 0.480 e. The van der Waals surface area contributed by atoms with Gasteiger partial charge in [0.05, 0.1) is 5.02 Å². The van der Waals surface area contributed by atoms with E-state index in [2.05, 4.69) is 5.10 Å². The summed E-state index contributed by atoms with van der Waals surface area (Å²) in [5, 5.41) is 12.6. The van der Waals surface area contributed by atoms with Crippen molar-refractivity contribution >= 4 is 35.0 Å². The van der Waals surface area contributed by atoms with Gasteiger partial charge in [-0.1, -0.05) is 23.2 Å².